The van der Waals surface area contributed by atoms with Crippen LogP contribution in [-0.4, -0.2) is 20.2 Å². The Morgan fingerprint density at radius 3 is 1.67 bits per heavy atom. The molecule has 7 heteroatoms. The van der Waals surface area contributed by atoms with Crippen molar-refractivity contribution in [3.63, 3.8) is 0 Å². The number of fused-ring (bicyclic) bond motifs is 2. The molecule has 0 spiro atoms. The quantitative estimate of drug-likeness (QED) is 0.764. The molecule has 2 aromatic rings. The van der Waals surface area contributed by atoms with Gasteiger partial charge >= 0.3 is 0 Å². The maximum Gasteiger partial charge on any atom is 0.188 e. The SMILES string of the molecule is OC1=C(O)c2nc3c(Br)sc(Br)c3nc21. The molecule has 3 rings (SSSR count). The molecule has 4 nitrogen and oxygen atoms in total. The van der Waals surface area contributed by atoms with Crippen molar-refractivity contribution in [2.24, 2.45) is 0 Å². The molecule has 0 saturated heterocycles. The predicted octanol–water partition coefficient (Wildman–Crippen LogP) is 3.47. The summed E-state index contributed by atoms with van der Waals surface area (Å²) in [5.41, 5.74) is 2.08. The average molecular weight is 350 g/mol. The molecule has 76 valence electrons. The standard InChI is InChI=1S/C8H2Br2N2O2S/c9-7-3-4(8(10)15-7)12-2-1(11-3)5(13)6(2)14/h13-14H. The fourth-order valence-corrected chi connectivity index (χ4v) is 4.19. The largest absolute Gasteiger partial charge is 0.503 e. The van der Waals surface area contributed by atoms with E-state index in [1.54, 1.807) is 0 Å². The van der Waals surface area contributed by atoms with E-state index in [4.69, 9.17) is 0 Å². The second kappa shape index (κ2) is 2.93. The van der Waals surface area contributed by atoms with Crippen LogP contribution in [0.2, 0.25) is 0 Å². The molecule has 0 aromatic carbocycles. The zero-order valence-corrected chi connectivity index (χ0v) is 10.9. The molecule has 1 aliphatic rings. The van der Waals surface area contributed by atoms with Gasteiger partial charge < -0.3 is 10.2 Å². The molecule has 15 heavy (non-hydrogen) atoms. The Hall–Kier alpha value is -0.660. The van der Waals surface area contributed by atoms with Crippen molar-refractivity contribution in [3.8, 4) is 0 Å². The van der Waals surface area contributed by atoms with Crippen LogP contribution < -0.4 is 0 Å². The van der Waals surface area contributed by atoms with E-state index in [1.165, 1.54) is 11.3 Å². The van der Waals surface area contributed by atoms with Gasteiger partial charge in [0.15, 0.2) is 11.5 Å². The summed E-state index contributed by atoms with van der Waals surface area (Å²) in [5, 5.41) is 18.7. The first-order valence-corrected chi connectivity index (χ1v) is 6.28. The molecular weight excluding hydrogens is 348 g/mol. The van der Waals surface area contributed by atoms with E-state index in [0.717, 1.165) is 7.57 Å². The van der Waals surface area contributed by atoms with E-state index in [0.29, 0.717) is 22.4 Å². The Morgan fingerprint density at radius 1 is 0.867 bits per heavy atom. The van der Waals surface area contributed by atoms with Crippen molar-refractivity contribution in [2.45, 2.75) is 0 Å². The van der Waals surface area contributed by atoms with Crippen molar-refractivity contribution < 1.29 is 10.2 Å². The number of aliphatic hydroxyl groups is 2. The fourth-order valence-electron chi connectivity index (χ4n) is 1.38. The number of thiophene rings is 1. The van der Waals surface area contributed by atoms with E-state index < -0.39 is 0 Å². The van der Waals surface area contributed by atoms with Gasteiger partial charge in [0, 0.05) is 0 Å². The molecule has 2 heterocycles. The minimum Gasteiger partial charge on any atom is -0.503 e. The highest BCUT2D eigenvalue weighted by molar-refractivity contribution is 9.12. The second-order valence-corrected chi connectivity index (χ2v) is 6.62. The summed E-state index contributed by atoms with van der Waals surface area (Å²) in [5.74, 6) is -0.373. The van der Waals surface area contributed by atoms with Gasteiger partial charge in [-0.15, -0.1) is 11.3 Å². The van der Waals surface area contributed by atoms with Gasteiger partial charge in [0.05, 0.1) is 7.57 Å². The summed E-state index contributed by atoms with van der Waals surface area (Å²) in [6, 6.07) is 0. The Balaban J connectivity index is 2.40. The van der Waals surface area contributed by atoms with Gasteiger partial charge in [0.25, 0.3) is 0 Å². The highest BCUT2D eigenvalue weighted by Crippen LogP contribution is 2.41. The third-order valence-corrected chi connectivity index (χ3v) is 4.59. The molecule has 2 aromatic heterocycles. The number of halogens is 2. The maximum atomic E-state index is 9.33. The Morgan fingerprint density at radius 2 is 1.27 bits per heavy atom. The number of aliphatic hydroxyl groups excluding tert-OH is 2. The lowest BCUT2D eigenvalue weighted by atomic mass is 10.1. The van der Waals surface area contributed by atoms with E-state index >= 15 is 0 Å². The van der Waals surface area contributed by atoms with Crippen LogP contribution in [0, 0.1) is 0 Å². The van der Waals surface area contributed by atoms with Crippen molar-refractivity contribution in [2.75, 3.05) is 0 Å². The molecule has 0 unspecified atom stereocenters. The third kappa shape index (κ3) is 1.11. The van der Waals surface area contributed by atoms with E-state index in [2.05, 4.69) is 41.8 Å². The zero-order valence-electron chi connectivity index (χ0n) is 6.95. The number of hydrogen-bond donors (Lipinski definition) is 2. The maximum absolute atomic E-state index is 9.33. The van der Waals surface area contributed by atoms with Crippen LogP contribution in [0.1, 0.15) is 11.4 Å². The molecular formula is C8H2Br2N2O2S. The lowest BCUT2D eigenvalue weighted by Crippen LogP contribution is -2.11. The van der Waals surface area contributed by atoms with Crippen LogP contribution in [-0.2, 0) is 0 Å². The summed E-state index contributed by atoms with van der Waals surface area (Å²) in [6.45, 7) is 0. The molecule has 0 atom stereocenters. The summed E-state index contributed by atoms with van der Waals surface area (Å²) in [7, 11) is 0. The average Bonchev–Trinajstić information content (AvgIpc) is 2.52. The van der Waals surface area contributed by atoms with Gasteiger partial charge in [-0.2, -0.15) is 0 Å². The van der Waals surface area contributed by atoms with Crippen molar-refractivity contribution in [1.82, 2.24) is 9.97 Å². The molecule has 1 aliphatic carbocycles. The first kappa shape index (κ1) is 9.56. The van der Waals surface area contributed by atoms with Crippen molar-refractivity contribution >= 4 is 65.7 Å². The minimum atomic E-state index is -0.186. The minimum absolute atomic E-state index is 0.186. The first-order valence-electron chi connectivity index (χ1n) is 3.88. The van der Waals surface area contributed by atoms with Crippen molar-refractivity contribution in [1.29, 1.82) is 0 Å². The summed E-state index contributed by atoms with van der Waals surface area (Å²) >= 11 is 8.18. The lowest BCUT2D eigenvalue weighted by Gasteiger charge is -2.16. The number of hydrogen-bond acceptors (Lipinski definition) is 5. The molecule has 0 aliphatic heterocycles. The monoisotopic (exact) mass is 348 g/mol. The predicted molar refractivity (Wildman–Crippen MR) is 64.9 cm³/mol. The Labute approximate surface area is 105 Å². The fraction of sp³-hybridized carbons (Fsp3) is 0. The molecule has 0 saturated carbocycles. The van der Waals surface area contributed by atoms with E-state index in [-0.39, 0.29) is 11.5 Å². The zero-order chi connectivity index (χ0) is 10.7. The molecule has 0 amide bonds. The molecule has 0 radical (unpaired) electrons. The molecule has 0 fully saturated rings. The second-order valence-electron chi connectivity index (χ2n) is 2.96. The normalized spacial score (nSPS) is 14.3. The number of aromatic nitrogens is 2. The highest BCUT2D eigenvalue weighted by atomic mass is 79.9. The van der Waals surface area contributed by atoms with E-state index in [1.807, 2.05) is 0 Å². The van der Waals surface area contributed by atoms with Crippen LogP contribution in [0.15, 0.2) is 7.57 Å². The van der Waals surface area contributed by atoms with Gasteiger partial charge in [-0.1, -0.05) is 0 Å². The highest BCUT2D eigenvalue weighted by Gasteiger charge is 2.31. The molecule has 0 bridgehead atoms. The lowest BCUT2D eigenvalue weighted by molar-refractivity contribution is 0.440. The van der Waals surface area contributed by atoms with Crippen LogP contribution in [0.4, 0.5) is 0 Å². The third-order valence-electron chi connectivity index (χ3n) is 2.12. The van der Waals surface area contributed by atoms with E-state index in [9.17, 15) is 10.2 Å². The van der Waals surface area contributed by atoms with Crippen LogP contribution in [0.5, 0.6) is 0 Å². The number of rotatable bonds is 0. The molecule has 2 N–H and O–H groups in total. The summed E-state index contributed by atoms with van der Waals surface area (Å²) in [6.07, 6.45) is 0. The number of nitrogens with zero attached hydrogens (tertiary/aromatic N) is 2. The van der Waals surface area contributed by atoms with Gasteiger partial charge in [0.2, 0.25) is 0 Å². The topological polar surface area (TPSA) is 66.2 Å². The Bertz CT molecular complexity index is 583. The van der Waals surface area contributed by atoms with Gasteiger partial charge in [0.1, 0.15) is 22.4 Å². The van der Waals surface area contributed by atoms with Crippen LogP contribution >= 0.6 is 43.2 Å². The van der Waals surface area contributed by atoms with Gasteiger partial charge in [-0.3, -0.25) is 0 Å². The summed E-state index contributed by atoms with van der Waals surface area (Å²) in [4.78, 5) is 8.43. The first-order chi connectivity index (χ1) is 7.09. The van der Waals surface area contributed by atoms with Crippen LogP contribution in [0.25, 0.3) is 22.6 Å². The summed E-state index contributed by atoms with van der Waals surface area (Å²) < 4.78 is 1.69. The Kier molecular flexibility index (Phi) is 1.87. The van der Waals surface area contributed by atoms with Crippen molar-refractivity contribution in [3.05, 3.63) is 19.0 Å². The smallest absolute Gasteiger partial charge is 0.188 e. The van der Waals surface area contributed by atoms with Gasteiger partial charge in [-0.25, -0.2) is 9.97 Å². The van der Waals surface area contributed by atoms with Crippen LogP contribution in [0.3, 0.4) is 0 Å². The van der Waals surface area contributed by atoms with Gasteiger partial charge in [-0.05, 0) is 31.9 Å².